The van der Waals surface area contributed by atoms with Gasteiger partial charge >= 0.3 is 7.82 Å². The number of nitrogens with one attached hydrogen (secondary N) is 1. The summed E-state index contributed by atoms with van der Waals surface area (Å²) in [6.45, 7) is 4.83. The number of likely N-dealkylation sites (N-methyl/N-ethyl adjacent to an activating group) is 1. The van der Waals surface area contributed by atoms with Gasteiger partial charge in [0.1, 0.15) is 13.2 Å². The number of aliphatic hydroxyl groups excluding tert-OH is 1. The van der Waals surface area contributed by atoms with Crippen molar-refractivity contribution in [1.82, 2.24) is 5.32 Å². The third-order valence-corrected chi connectivity index (χ3v) is 16.3. The first-order chi connectivity index (χ1) is 37.0. The fraction of sp³-hybridized carbons (Fsp3) is 0.896. The maximum Gasteiger partial charge on any atom is 0.472 e. The van der Waals surface area contributed by atoms with Crippen molar-refractivity contribution in [3.05, 3.63) is 36.5 Å². The number of nitrogens with zero attached hydrogens (tertiary/aromatic N) is 1. The molecule has 3 N–H and O–H groups in total. The summed E-state index contributed by atoms with van der Waals surface area (Å²) in [6.07, 6.45) is 77.3. The van der Waals surface area contributed by atoms with E-state index < -0.39 is 20.0 Å². The van der Waals surface area contributed by atoms with Gasteiger partial charge in [-0.1, -0.05) is 320 Å². The number of allylic oxidation sites excluding steroid dienone is 5. The summed E-state index contributed by atoms with van der Waals surface area (Å²) in [7, 11) is 1.56. The first kappa shape index (κ1) is 74.7. The molecule has 0 heterocycles. The number of aliphatic hydroxyl groups is 1. The fourth-order valence-electron chi connectivity index (χ4n) is 10.1. The molecule has 0 aliphatic heterocycles. The van der Waals surface area contributed by atoms with E-state index in [1.807, 2.05) is 27.2 Å². The molecule has 0 rings (SSSR count). The van der Waals surface area contributed by atoms with Crippen LogP contribution in [0.4, 0.5) is 0 Å². The van der Waals surface area contributed by atoms with Crippen LogP contribution in [0, 0.1) is 0 Å². The van der Waals surface area contributed by atoms with Crippen LogP contribution in [-0.4, -0.2) is 73.4 Å². The number of amides is 1. The molecule has 0 aromatic heterocycles. The minimum atomic E-state index is -4.36. The van der Waals surface area contributed by atoms with Gasteiger partial charge in [0, 0.05) is 6.42 Å². The number of rotatable bonds is 62. The summed E-state index contributed by atoms with van der Waals surface area (Å²) in [6, 6.07) is -0.868. The highest BCUT2D eigenvalue weighted by molar-refractivity contribution is 7.47. The Hall–Kier alpha value is -1.28. The van der Waals surface area contributed by atoms with Crippen molar-refractivity contribution in [2.75, 3.05) is 40.9 Å². The van der Waals surface area contributed by atoms with Crippen molar-refractivity contribution in [2.45, 2.75) is 347 Å². The zero-order valence-electron chi connectivity index (χ0n) is 51.5. The molecule has 1 amide bonds. The van der Waals surface area contributed by atoms with E-state index in [-0.39, 0.29) is 19.1 Å². The number of unbranched alkanes of at least 4 members (excludes halogenated alkanes) is 45. The van der Waals surface area contributed by atoms with E-state index in [2.05, 4.69) is 43.5 Å². The second-order valence-corrected chi connectivity index (χ2v) is 25.6. The van der Waals surface area contributed by atoms with Crippen LogP contribution in [0.2, 0.25) is 0 Å². The monoisotopic (exact) mass is 1090 g/mol. The molecule has 0 saturated heterocycles. The van der Waals surface area contributed by atoms with Crippen LogP contribution in [0.3, 0.4) is 0 Å². The SMILES string of the molecule is CCCCCCCCCC/C=C/CC/C=C/CC/C=C/C(O)C(COP(=O)(O)OCC[N+](C)(C)C)NC(=O)CCCCCCCCCCCCCCCCCCCCCCCCCCCCCCCCCCCCCC. The fourth-order valence-corrected chi connectivity index (χ4v) is 10.9. The van der Waals surface area contributed by atoms with E-state index in [9.17, 15) is 19.4 Å². The molecule has 0 radical (unpaired) electrons. The summed E-state index contributed by atoms with van der Waals surface area (Å²) in [5, 5.41) is 13.9. The summed E-state index contributed by atoms with van der Waals surface area (Å²) in [4.78, 5) is 23.3. The van der Waals surface area contributed by atoms with Gasteiger partial charge in [-0.3, -0.25) is 13.8 Å². The van der Waals surface area contributed by atoms with Crippen LogP contribution in [0.1, 0.15) is 335 Å². The maximum atomic E-state index is 13.0. The normalized spacial score (nSPS) is 13.9. The highest BCUT2D eigenvalue weighted by Gasteiger charge is 2.28. The van der Waals surface area contributed by atoms with Crippen molar-refractivity contribution in [3.63, 3.8) is 0 Å². The molecule has 9 heteroatoms. The third kappa shape index (κ3) is 60.4. The predicted octanol–water partition coefficient (Wildman–Crippen LogP) is 20.9. The van der Waals surface area contributed by atoms with Crippen molar-refractivity contribution >= 4 is 13.7 Å². The summed E-state index contributed by atoms with van der Waals surface area (Å²) in [5.41, 5.74) is 0. The van der Waals surface area contributed by atoms with Gasteiger partial charge < -0.3 is 19.8 Å². The molecule has 3 atom stereocenters. The van der Waals surface area contributed by atoms with Gasteiger partial charge in [0.05, 0.1) is 39.9 Å². The molecular weight excluding hydrogens is 960 g/mol. The Bertz CT molecular complexity index is 1330. The predicted molar refractivity (Wildman–Crippen MR) is 332 cm³/mol. The van der Waals surface area contributed by atoms with Gasteiger partial charge in [-0.15, -0.1) is 0 Å². The Labute approximate surface area is 474 Å². The van der Waals surface area contributed by atoms with Gasteiger partial charge in [-0.05, 0) is 44.9 Å². The third-order valence-electron chi connectivity index (χ3n) is 15.3. The van der Waals surface area contributed by atoms with Gasteiger partial charge in [-0.25, -0.2) is 4.57 Å². The average molecular weight is 1090 g/mol. The topological polar surface area (TPSA) is 105 Å². The summed E-state index contributed by atoms with van der Waals surface area (Å²) < 4.78 is 23.7. The van der Waals surface area contributed by atoms with Crippen LogP contribution in [-0.2, 0) is 18.4 Å². The molecular formula is C67H132N2O6P+. The lowest BCUT2D eigenvalue weighted by atomic mass is 10.0. The molecule has 0 aromatic carbocycles. The molecule has 450 valence electrons. The highest BCUT2D eigenvalue weighted by Crippen LogP contribution is 2.43. The van der Waals surface area contributed by atoms with E-state index in [4.69, 9.17) is 9.05 Å². The molecule has 0 aliphatic rings. The molecule has 0 bridgehead atoms. The zero-order valence-corrected chi connectivity index (χ0v) is 52.4. The minimum Gasteiger partial charge on any atom is -0.387 e. The molecule has 76 heavy (non-hydrogen) atoms. The maximum absolute atomic E-state index is 13.0. The molecule has 0 spiro atoms. The Morgan fingerprint density at radius 3 is 1.05 bits per heavy atom. The first-order valence-electron chi connectivity index (χ1n) is 33.4. The number of phosphoric acid groups is 1. The molecule has 8 nitrogen and oxygen atoms in total. The molecule has 0 aliphatic carbocycles. The van der Waals surface area contributed by atoms with Gasteiger partial charge in [0.2, 0.25) is 5.91 Å². The Morgan fingerprint density at radius 2 is 0.724 bits per heavy atom. The molecule has 3 unspecified atom stereocenters. The second kappa shape index (κ2) is 58.4. The van der Waals surface area contributed by atoms with Crippen LogP contribution in [0.5, 0.6) is 0 Å². The van der Waals surface area contributed by atoms with Gasteiger partial charge in [0.15, 0.2) is 0 Å². The lowest BCUT2D eigenvalue weighted by molar-refractivity contribution is -0.870. The van der Waals surface area contributed by atoms with Crippen molar-refractivity contribution in [3.8, 4) is 0 Å². The molecule has 0 saturated carbocycles. The number of hydrogen-bond acceptors (Lipinski definition) is 5. The standard InChI is InChI=1S/C67H131N2O6P/c1-6-8-10-12-14-16-18-20-22-24-26-27-28-29-30-31-32-33-34-35-36-37-38-39-40-41-42-43-45-47-49-51-53-55-57-59-61-67(71)68-65(64-75-76(72,73)74-63-62-69(3,4)5)66(70)60-58-56-54-52-50-48-46-44-25-23-21-19-17-15-13-11-9-7-2/h25,44,50,52,58,60,65-66,70H,6-24,26-43,45-49,51,53-57,59,61-64H2,1-5H3,(H-,68,71,72,73)/p+1/b44-25+,52-50+,60-58+. The van der Waals surface area contributed by atoms with Crippen molar-refractivity contribution < 1.29 is 32.9 Å². The lowest BCUT2D eigenvalue weighted by Crippen LogP contribution is -2.45. The van der Waals surface area contributed by atoms with Crippen LogP contribution in [0.15, 0.2) is 36.5 Å². The number of quaternary nitrogens is 1. The smallest absolute Gasteiger partial charge is 0.387 e. The lowest BCUT2D eigenvalue weighted by Gasteiger charge is -2.25. The van der Waals surface area contributed by atoms with Crippen LogP contribution >= 0.6 is 7.82 Å². The second-order valence-electron chi connectivity index (χ2n) is 24.2. The highest BCUT2D eigenvalue weighted by atomic mass is 31.2. The quantitative estimate of drug-likeness (QED) is 0.0243. The largest absolute Gasteiger partial charge is 0.472 e. The Balaban J connectivity index is 3.98. The number of phosphoric ester groups is 1. The Morgan fingerprint density at radius 1 is 0.434 bits per heavy atom. The van der Waals surface area contributed by atoms with Crippen LogP contribution < -0.4 is 5.32 Å². The zero-order chi connectivity index (χ0) is 55.6. The van der Waals surface area contributed by atoms with E-state index >= 15 is 0 Å². The summed E-state index contributed by atoms with van der Waals surface area (Å²) >= 11 is 0. The van der Waals surface area contributed by atoms with E-state index in [1.54, 1.807) is 6.08 Å². The average Bonchev–Trinajstić information content (AvgIpc) is 3.38. The van der Waals surface area contributed by atoms with Crippen molar-refractivity contribution in [2.24, 2.45) is 0 Å². The van der Waals surface area contributed by atoms with Crippen molar-refractivity contribution in [1.29, 1.82) is 0 Å². The number of carbonyl (C=O) groups is 1. The Kier molecular flexibility index (Phi) is 57.4. The van der Waals surface area contributed by atoms with Gasteiger partial charge in [0.25, 0.3) is 0 Å². The first-order valence-corrected chi connectivity index (χ1v) is 34.9. The minimum absolute atomic E-state index is 0.0552. The van der Waals surface area contributed by atoms with E-state index in [1.165, 1.54) is 270 Å². The van der Waals surface area contributed by atoms with Gasteiger partial charge in [-0.2, -0.15) is 0 Å². The van der Waals surface area contributed by atoms with E-state index in [0.717, 1.165) is 44.9 Å². The molecule has 0 fully saturated rings. The number of hydrogen-bond donors (Lipinski definition) is 3. The number of carbonyl (C=O) groups excluding carboxylic acids is 1. The molecule has 0 aromatic rings. The van der Waals surface area contributed by atoms with Crippen LogP contribution in [0.25, 0.3) is 0 Å². The summed E-state index contributed by atoms with van der Waals surface area (Å²) in [5.74, 6) is -0.185. The van der Waals surface area contributed by atoms with E-state index in [0.29, 0.717) is 17.4 Å².